The van der Waals surface area contributed by atoms with E-state index in [0.717, 1.165) is 36.4 Å². The number of hydrogen-bond donors (Lipinski definition) is 5. The fourth-order valence-corrected chi connectivity index (χ4v) is 5.14. The monoisotopic (exact) mass is 527 g/mol. The summed E-state index contributed by atoms with van der Waals surface area (Å²) in [6.07, 6.45) is 3.41. The van der Waals surface area contributed by atoms with Crippen molar-refractivity contribution in [1.29, 1.82) is 0 Å². The average Bonchev–Trinajstić information content (AvgIpc) is 2.69. The van der Waals surface area contributed by atoms with E-state index >= 15 is 0 Å². The van der Waals surface area contributed by atoms with Gasteiger partial charge in [-0.2, -0.15) is 16.8 Å². The van der Waals surface area contributed by atoms with E-state index in [0.29, 0.717) is 0 Å². The van der Waals surface area contributed by atoms with Gasteiger partial charge in [-0.25, -0.2) is 8.42 Å². The van der Waals surface area contributed by atoms with E-state index in [1.54, 1.807) is 0 Å². The van der Waals surface area contributed by atoms with Crippen LogP contribution in [0, 0.1) is 0 Å². The molecule has 1 aliphatic carbocycles. The first kappa shape index (κ1) is 25.3. The van der Waals surface area contributed by atoms with Gasteiger partial charge in [0.05, 0.1) is 10.6 Å². The van der Waals surface area contributed by atoms with Crippen molar-refractivity contribution in [2.24, 2.45) is 0 Å². The van der Waals surface area contributed by atoms with Crippen molar-refractivity contribution in [2.45, 2.75) is 9.79 Å². The first-order valence-electron chi connectivity index (χ1n) is 8.97. The molecule has 0 heterocycles. The summed E-state index contributed by atoms with van der Waals surface area (Å²) in [7, 11) is -14.6. The maximum atomic E-state index is 11.8. The highest BCUT2D eigenvalue weighted by Gasteiger charge is 2.27. The molecule has 0 spiro atoms. The lowest BCUT2D eigenvalue weighted by Gasteiger charge is -2.18. The molecule has 0 unspecified atom stereocenters. The van der Waals surface area contributed by atoms with Gasteiger partial charge in [0.1, 0.15) is 15.0 Å². The number of anilines is 2. The molecule has 15 heteroatoms. The minimum Gasteiger partial charge on any atom is -0.744 e. The normalized spacial score (nSPS) is 16.3. The third-order valence-electron chi connectivity index (χ3n) is 4.73. The highest BCUT2D eigenvalue weighted by molar-refractivity contribution is 7.91. The number of hydrogen-bond acceptors (Lipinski definition) is 9. The van der Waals surface area contributed by atoms with Crippen molar-refractivity contribution >= 4 is 53.0 Å². The van der Waals surface area contributed by atoms with Crippen LogP contribution in [0.3, 0.4) is 0 Å². The Hall–Kier alpha value is -3.34. The molecule has 1 aliphatic rings. The zero-order valence-electron chi connectivity index (χ0n) is 16.9. The Morgan fingerprint density at radius 3 is 1.76 bits per heavy atom. The van der Waals surface area contributed by atoms with E-state index < -0.39 is 45.1 Å². The molecule has 0 radical (unpaired) electrons. The molecule has 34 heavy (non-hydrogen) atoms. The van der Waals surface area contributed by atoms with Gasteiger partial charge < -0.3 is 16.0 Å². The van der Waals surface area contributed by atoms with Crippen LogP contribution in [-0.2, 0) is 30.4 Å². The van der Waals surface area contributed by atoms with Crippen LogP contribution in [-0.4, -0.2) is 44.6 Å². The van der Waals surface area contributed by atoms with Crippen molar-refractivity contribution in [3.8, 4) is 0 Å². The van der Waals surface area contributed by atoms with Crippen LogP contribution in [0.2, 0.25) is 0 Å². The van der Waals surface area contributed by atoms with Gasteiger partial charge >= 0.3 is 10.1 Å². The van der Waals surface area contributed by atoms with Gasteiger partial charge in [0.2, 0.25) is 5.71 Å². The Kier molecular flexibility index (Phi) is 6.29. The molecular weight excluding hydrogens is 510 g/mol. The van der Waals surface area contributed by atoms with Crippen molar-refractivity contribution in [2.75, 3.05) is 11.5 Å². The highest BCUT2D eigenvalue weighted by atomic mass is 32.2. The van der Waals surface area contributed by atoms with Gasteiger partial charge in [-0.1, -0.05) is 12.1 Å². The van der Waals surface area contributed by atoms with E-state index in [-0.39, 0.29) is 39.4 Å². The quantitative estimate of drug-likeness (QED) is 0.241. The van der Waals surface area contributed by atoms with Crippen molar-refractivity contribution in [1.82, 2.24) is 0 Å². The lowest BCUT2D eigenvalue weighted by Crippen LogP contribution is -2.42. The van der Waals surface area contributed by atoms with Gasteiger partial charge in [0, 0.05) is 11.8 Å². The van der Waals surface area contributed by atoms with E-state index in [9.17, 15) is 38.9 Å². The van der Waals surface area contributed by atoms with Gasteiger partial charge in [-0.15, -0.1) is 0 Å². The molecule has 0 aliphatic heterocycles. The molecule has 0 fully saturated rings. The van der Waals surface area contributed by atoms with E-state index in [1.807, 2.05) is 0 Å². The smallest absolute Gasteiger partial charge is 0.301 e. The molecule has 3 rings (SSSR count). The van der Waals surface area contributed by atoms with Crippen molar-refractivity contribution < 1.29 is 44.3 Å². The molecule has 0 bridgehead atoms. The predicted molar refractivity (Wildman–Crippen MR) is 121 cm³/mol. The first-order chi connectivity index (χ1) is 15.5. The van der Waals surface area contributed by atoms with Crippen LogP contribution in [0.15, 0.2) is 74.9 Å². The summed E-state index contributed by atoms with van der Waals surface area (Å²) in [6, 6.07) is 6.74. The summed E-state index contributed by atoms with van der Waals surface area (Å²) in [5.41, 5.74) is 10.3. The molecule has 0 saturated carbocycles. The molecule has 0 amide bonds. The van der Waals surface area contributed by atoms with Gasteiger partial charge in [0.15, 0.2) is 4.91 Å². The fourth-order valence-electron chi connectivity index (χ4n) is 3.23. The van der Waals surface area contributed by atoms with E-state index in [4.69, 9.17) is 16.9 Å². The molecule has 2 aromatic rings. The summed E-state index contributed by atoms with van der Waals surface area (Å²) < 4.78 is 101. The van der Waals surface area contributed by atoms with Gasteiger partial charge in [-0.05, 0) is 58.7 Å². The molecule has 180 valence electrons. The standard InChI is InChI=1S/C19H17N3O9S3/c20-13-4-1-10(7-16(13)32(23,24)25)19(11-2-5-14(21)17(8-11)33(26,27)28)12-3-6-15(22)18(9-12)34(29,30)31/h1-9,20H,21-22H2,(H,23,24,25)(H,26,27,28)(H,29,30,31). The topological polar surface area (TPSA) is 244 Å². The SMILES string of the molecule is Nc1ccc(/C(=C2\C=CC(=[NH2+])C(S(=O)(=O)O)=C2)c2ccc(N)c(S(=O)(=O)O)c2)cc1S(=O)(=O)[O-]. The third-order valence-corrected chi connectivity index (χ3v) is 7.44. The predicted octanol–water partition coefficient (Wildman–Crippen LogP) is -0.655. The van der Waals surface area contributed by atoms with Gasteiger partial charge in [-0.3, -0.25) is 14.5 Å². The van der Waals surface area contributed by atoms with E-state index in [1.165, 1.54) is 18.2 Å². The zero-order valence-corrected chi connectivity index (χ0v) is 19.4. The number of allylic oxidation sites excluding steroid dienone is 5. The second-order valence-electron chi connectivity index (χ2n) is 7.04. The molecular formula is C19H17N3O9S3. The van der Waals surface area contributed by atoms with Crippen LogP contribution in [0.4, 0.5) is 11.4 Å². The molecule has 8 N–H and O–H groups in total. The molecule has 12 nitrogen and oxygen atoms in total. The Bertz CT molecular complexity index is 1570. The maximum absolute atomic E-state index is 11.8. The van der Waals surface area contributed by atoms with Crippen LogP contribution in [0.5, 0.6) is 0 Å². The zero-order chi connectivity index (χ0) is 25.6. The minimum atomic E-state index is -5.03. The van der Waals surface area contributed by atoms with Crippen molar-refractivity contribution in [3.63, 3.8) is 0 Å². The molecule has 0 aromatic heterocycles. The maximum Gasteiger partial charge on any atom is 0.301 e. The van der Waals surface area contributed by atoms with Crippen molar-refractivity contribution in [3.05, 3.63) is 76.2 Å². The largest absolute Gasteiger partial charge is 0.744 e. The third kappa shape index (κ3) is 5.09. The van der Waals surface area contributed by atoms with Gasteiger partial charge in [0.25, 0.3) is 10.1 Å². The summed E-state index contributed by atoms with van der Waals surface area (Å²) in [4.78, 5) is -2.14. The van der Waals surface area contributed by atoms with Crippen LogP contribution in [0.1, 0.15) is 11.1 Å². The Morgan fingerprint density at radius 2 is 1.29 bits per heavy atom. The minimum absolute atomic E-state index is 0.000278. The average molecular weight is 528 g/mol. The van der Waals surface area contributed by atoms with Crippen LogP contribution >= 0.6 is 0 Å². The Labute approximate surface area is 194 Å². The fraction of sp³-hybridized carbons (Fsp3) is 0. The Morgan fingerprint density at radius 1 is 0.794 bits per heavy atom. The van der Waals surface area contributed by atoms with E-state index in [2.05, 4.69) is 0 Å². The number of nitrogens with two attached hydrogens (primary N) is 3. The molecule has 2 aromatic carbocycles. The second kappa shape index (κ2) is 8.46. The second-order valence-corrected chi connectivity index (χ2v) is 11.2. The number of nitrogen functional groups attached to an aromatic ring is 2. The lowest BCUT2D eigenvalue weighted by atomic mass is 9.90. The molecule has 0 saturated heterocycles. The Balaban J connectivity index is 2.48. The number of rotatable bonds is 5. The lowest BCUT2D eigenvalue weighted by molar-refractivity contribution is -0.110. The summed E-state index contributed by atoms with van der Waals surface area (Å²) >= 11 is 0. The summed E-state index contributed by atoms with van der Waals surface area (Å²) in [5.74, 6) is 0. The summed E-state index contributed by atoms with van der Waals surface area (Å²) in [5, 5.41) is 5.64. The summed E-state index contributed by atoms with van der Waals surface area (Å²) in [6.45, 7) is 0. The highest BCUT2D eigenvalue weighted by Crippen LogP contribution is 2.35. The first-order valence-corrected chi connectivity index (χ1v) is 13.3. The number of benzene rings is 2. The van der Waals surface area contributed by atoms with Crippen LogP contribution < -0.4 is 16.9 Å². The molecule has 0 atom stereocenters. The van der Waals surface area contributed by atoms with Crippen LogP contribution in [0.25, 0.3) is 5.57 Å².